The van der Waals surface area contributed by atoms with Crippen LogP contribution < -0.4 is 14.9 Å². The van der Waals surface area contributed by atoms with Gasteiger partial charge >= 0.3 is 5.97 Å². The Morgan fingerprint density at radius 2 is 1.56 bits per heavy atom. The molecular formula is C25H18N2O5S2. The van der Waals surface area contributed by atoms with E-state index >= 15 is 0 Å². The summed E-state index contributed by atoms with van der Waals surface area (Å²) in [5, 5.41) is 1.06. The summed E-state index contributed by atoms with van der Waals surface area (Å²) in [6.45, 7) is 0. The Morgan fingerprint density at radius 1 is 0.912 bits per heavy atom. The van der Waals surface area contributed by atoms with Crippen molar-refractivity contribution in [3.8, 4) is 11.5 Å². The van der Waals surface area contributed by atoms with Gasteiger partial charge in [-0.15, -0.1) is 0 Å². The predicted molar refractivity (Wildman–Crippen MR) is 133 cm³/mol. The van der Waals surface area contributed by atoms with Gasteiger partial charge in [0.25, 0.3) is 11.8 Å². The van der Waals surface area contributed by atoms with Crippen LogP contribution in [0.4, 0.5) is 0 Å². The number of methoxy groups -OCH3 is 1. The third-order valence-corrected chi connectivity index (χ3v) is 6.06. The van der Waals surface area contributed by atoms with E-state index < -0.39 is 17.8 Å². The molecule has 34 heavy (non-hydrogen) atoms. The van der Waals surface area contributed by atoms with Crippen LogP contribution in [-0.2, 0) is 4.79 Å². The Kier molecular flexibility index (Phi) is 7.05. The van der Waals surface area contributed by atoms with Gasteiger partial charge in [-0.2, -0.15) is 5.01 Å². The van der Waals surface area contributed by atoms with Crippen LogP contribution in [0.3, 0.4) is 0 Å². The fraction of sp³-hybridized carbons (Fsp3) is 0.0400. The summed E-state index contributed by atoms with van der Waals surface area (Å²) in [6.07, 6.45) is 1.66. The van der Waals surface area contributed by atoms with E-state index in [0.29, 0.717) is 33.1 Å². The van der Waals surface area contributed by atoms with Gasteiger partial charge < -0.3 is 9.47 Å². The third-order valence-electron chi connectivity index (χ3n) is 4.76. The van der Waals surface area contributed by atoms with Crippen molar-refractivity contribution in [2.45, 2.75) is 0 Å². The Morgan fingerprint density at radius 3 is 2.21 bits per heavy atom. The number of benzene rings is 3. The Hall–Kier alpha value is -3.95. The summed E-state index contributed by atoms with van der Waals surface area (Å²) in [5.41, 5.74) is 4.06. The van der Waals surface area contributed by atoms with Gasteiger partial charge in [-0.3, -0.25) is 15.0 Å². The van der Waals surface area contributed by atoms with Gasteiger partial charge in [0.05, 0.1) is 17.6 Å². The van der Waals surface area contributed by atoms with Crippen molar-refractivity contribution in [2.75, 3.05) is 7.11 Å². The molecule has 9 heteroatoms. The van der Waals surface area contributed by atoms with Gasteiger partial charge in [0.1, 0.15) is 11.5 Å². The number of thioether (sulfide) groups is 1. The number of nitrogens with zero attached hydrogens (tertiary/aromatic N) is 1. The number of carbonyl (C=O) groups excluding carboxylic acids is 3. The highest BCUT2D eigenvalue weighted by Gasteiger charge is 2.33. The van der Waals surface area contributed by atoms with Crippen LogP contribution in [0.2, 0.25) is 0 Å². The number of esters is 1. The minimum absolute atomic E-state index is 0.227. The molecule has 1 aliphatic rings. The van der Waals surface area contributed by atoms with Gasteiger partial charge in [-0.25, -0.2) is 4.79 Å². The highest BCUT2D eigenvalue weighted by atomic mass is 32.2. The van der Waals surface area contributed by atoms with E-state index in [1.54, 1.807) is 92.0 Å². The zero-order valence-electron chi connectivity index (χ0n) is 17.9. The second-order valence-electron chi connectivity index (χ2n) is 7.01. The molecule has 1 aliphatic heterocycles. The lowest BCUT2D eigenvalue weighted by Crippen LogP contribution is -2.44. The highest BCUT2D eigenvalue weighted by molar-refractivity contribution is 8.26. The van der Waals surface area contributed by atoms with Crippen LogP contribution in [0.15, 0.2) is 83.8 Å². The van der Waals surface area contributed by atoms with Crippen molar-refractivity contribution in [3.05, 3.63) is 100 Å². The number of rotatable bonds is 6. The van der Waals surface area contributed by atoms with Gasteiger partial charge in [-0.05, 0) is 72.4 Å². The second-order valence-corrected chi connectivity index (χ2v) is 8.69. The number of hydrogen-bond donors (Lipinski definition) is 1. The van der Waals surface area contributed by atoms with E-state index in [1.807, 2.05) is 0 Å². The maximum Gasteiger partial charge on any atom is 0.343 e. The van der Waals surface area contributed by atoms with Crippen molar-refractivity contribution < 1.29 is 23.9 Å². The third kappa shape index (κ3) is 5.33. The molecule has 0 aliphatic carbocycles. The first-order chi connectivity index (χ1) is 16.4. The zero-order valence-corrected chi connectivity index (χ0v) is 19.5. The monoisotopic (exact) mass is 490 g/mol. The molecule has 2 amide bonds. The molecule has 1 N–H and O–H groups in total. The lowest BCUT2D eigenvalue weighted by molar-refractivity contribution is -0.123. The molecule has 3 aromatic carbocycles. The molecule has 0 atom stereocenters. The van der Waals surface area contributed by atoms with Gasteiger partial charge in [0.15, 0.2) is 4.32 Å². The number of hydrazine groups is 1. The molecule has 3 aromatic rings. The standard InChI is InChI=1S/C25H18N2O5S2/c1-31-19-13-9-18(10-14-19)24(30)32-20-11-7-16(8-12-20)15-21-23(29)27(25(33)34-21)26-22(28)17-5-3-2-4-6-17/h2-15H,1H3,(H,26,28)/b21-15+. The maximum absolute atomic E-state index is 12.8. The van der Waals surface area contributed by atoms with Gasteiger partial charge in [0, 0.05) is 5.56 Å². The van der Waals surface area contributed by atoms with E-state index in [0.717, 1.165) is 16.8 Å². The van der Waals surface area contributed by atoms with Crippen LogP contribution in [-0.4, -0.2) is 34.2 Å². The van der Waals surface area contributed by atoms with Crippen molar-refractivity contribution >= 4 is 52.2 Å². The minimum Gasteiger partial charge on any atom is -0.497 e. The molecule has 0 unspecified atom stereocenters. The lowest BCUT2D eigenvalue weighted by Gasteiger charge is -2.15. The first-order valence-electron chi connectivity index (χ1n) is 10.0. The number of ether oxygens (including phenoxy) is 2. The Balaban J connectivity index is 1.40. The molecule has 1 saturated heterocycles. The number of hydrogen-bond acceptors (Lipinski definition) is 7. The molecule has 7 nitrogen and oxygen atoms in total. The lowest BCUT2D eigenvalue weighted by atomic mass is 10.2. The number of carbonyl (C=O) groups is 3. The largest absolute Gasteiger partial charge is 0.497 e. The maximum atomic E-state index is 12.8. The van der Waals surface area contributed by atoms with Crippen LogP contribution in [0.1, 0.15) is 26.3 Å². The second kappa shape index (κ2) is 10.3. The van der Waals surface area contributed by atoms with E-state index in [2.05, 4.69) is 5.43 Å². The number of nitrogens with one attached hydrogen (secondary N) is 1. The van der Waals surface area contributed by atoms with E-state index in [4.69, 9.17) is 21.7 Å². The van der Waals surface area contributed by atoms with Gasteiger partial charge in [-0.1, -0.05) is 42.1 Å². The quantitative estimate of drug-likeness (QED) is 0.236. The van der Waals surface area contributed by atoms with Crippen molar-refractivity contribution in [1.82, 2.24) is 10.4 Å². The summed E-state index contributed by atoms with van der Waals surface area (Å²) in [7, 11) is 1.55. The summed E-state index contributed by atoms with van der Waals surface area (Å²) < 4.78 is 10.7. The number of amides is 2. The van der Waals surface area contributed by atoms with E-state index in [9.17, 15) is 14.4 Å². The molecule has 4 rings (SSSR count). The average Bonchev–Trinajstić information content (AvgIpc) is 3.13. The summed E-state index contributed by atoms with van der Waals surface area (Å²) >= 11 is 6.34. The molecule has 1 fully saturated rings. The zero-order chi connectivity index (χ0) is 24.1. The molecule has 0 radical (unpaired) electrons. The average molecular weight is 491 g/mol. The van der Waals surface area contributed by atoms with Gasteiger partial charge in [0.2, 0.25) is 0 Å². The first-order valence-corrected chi connectivity index (χ1v) is 11.3. The normalized spacial score (nSPS) is 14.3. The summed E-state index contributed by atoms with van der Waals surface area (Å²) in [6, 6.07) is 21.8. The van der Waals surface area contributed by atoms with Crippen LogP contribution >= 0.6 is 24.0 Å². The number of thiocarbonyl (C=S) groups is 1. The van der Waals surface area contributed by atoms with Crippen LogP contribution in [0.5, 0.6) is 11.5 Å². The molecule has 0 bridgehead atoms. The van der Waals surface area contributed by atoms with E-state index in [1.165, 1.54) is 0 Å². The molecule has 170 valence electrons. The van der Waals surface area contributed by atoms with E-state index in [-0.39, 0.29) is 4.32 Å². The SMILES string of the molecule is COc1ccc(C(=O)Oc2ccc(/C=C3/SC(=S)N(NC(=O)c4ccccc4)C3=O)cc2)cc1. The fourth-order valence-corrected chi connectivity index (χ4v) is 4.18. The summed E-state index contributed by atoms with van der Waals surface area (Å²) in [5.74, 6) is -0.340. The molecule has 0 spiro atoms. The summed E-state index contributed by atoms with van der Waals surface area (Å²) in [4.78, 5) is 37.8. The fourth-order valence-electron chi connectivity index (χ4n) is 3.00. The van der Waals surface area contributed by atoms with Crippen LogP contribution in [0, 0.1) is 0 Å². The molecule has 0 saturated carbocycles. The predicted octanol–water partition coefficient (Wildman–Crippen LogP) is 4.46. The minimum atomic E-state index is -0.495. The van der Waals surface area contributed by atoms with Crippen molar-refractivity contribution in [3.63, 3.8) is 0 Å². The van der Waals surface area contributed by atoms with Crippen molar-refractivity contribution in [2.24, 2.45) is 0 Å². The smallest absolute Gasteiger partial charge is 0.343 e. The molecule has 1 heterocycles. The topological polar surface area (TPSA) is 84.9 Å². The molecular weight excluding hydrogens is 472 g/mol. The Bertz CT molecular complexity index is 1270. The van der Waals surface area contributed by atoms with Crippen molar-refractivity contribution in [1.29, 1.82) is 0 Å². The Labute approximate surface area is 205 Å². The molecule has 0 aromatic heterocycles. The first kappa shape index (κ1) is 23.2. The van der Waals surface area contributed by atoms with Crippen LogP contribution in [0.25, 0.3) is 6.08 Å². The highest BCUT2D eigenvalue weighted by Crippen LogP contribution is 2.31.